The summed E-state index contributed by atoms with van der Waals surface area (Å²) >= 11 is 0. The molecule has 2 heteroatoms. The van der Waals surface area contributed by atoms with Crippen LogP contribution in [-0.2, 0) is 4.79 Å². The van der Waals surface area contributed by atoms with Crippen molar-refractivity contribution < 1.29 is 4.79 Å². The van der Waals surface area contributed by atoms with E-state index < -0.39 is 0 Å². The van der Waals surface area contributed by atoms with Gasteiger partial charge in [-0.15, -0.1) is 0 Å². The second kappa shape index (κ2) is 5.50. The Morgan fingerprint density at radius 3 is 2.57 bits per heavy atom. The van der Waals surface area contributed by atoms with Gasteiger partial charge in [0.25, 0.3) is 0 Å². The molecule has 0 spiro atoms. The molecular formula is C12H23NO. The van der Waals surface area contributed by atoms with Gasteiger partial charge in [0.2, 0.25) is 0 Å². The van der Waals surface area contributed by atoms with Crippen molar-refractivity contribution >= 4 is 5.78 Å². The second-order valence-corrected chi connectivity index (χ2v) is 4.36. The molecular weight excluding hydrogens is 174 g/mol. The molecule has 0 saturated heterocycles. The molecule has 0 bridgehead atoms. The number of Topliss-reactive ketones (excluding diaryl/α,β-unsaturated/α-hetero) is 1. The van der Waals surface area contributed by atoms with Gasteiger partial charge in [-0.25, -0.2) is 0 Å². The molecule has 1 fully saturated rings. The Morgan fingerprint density at radius 2 is 2.07 bits per heavy atom. The zero-order valence-corrected chi connectivity index (χ0v) is 9.75. The van der Waals surface area contributed by atoms with Crippen LogP contribution in [0.4, 0.5) is 0 Å². The topological polar surface area (TPSA) is 20.3 Å². The van der Waals surface area contributed by atoms with E-state index in [1.807, 2.05) is 0 Å². The highest BCUT2D eigenvalue weighted by Crippen LogP contribution is 2.26. The van der Waals surface area contributed by atoms with Gasteiger partial charge >= 0.3 is 0 Å². The molecule has 1 aliphatic carbocycles. The van der Waals surface area contributed by atoms with E-state index in [0.717, 1.165) is 32.4 Å². The Balaban J connectivity index is 2.49. The molecule has 0 aromatic carbocycles. The lowest BCUT2D eigenvalue weighted by Crippen LogP contribution is -2.40. The van der Waals surface area contributed by atoms with Crippen LogP contribution in [0.3, 0.4) is 0 Å². The van der Waals surface area contributed by atoms with Crippen molar-refractivity contribution in [3.05, 3.63) is 0 Å². The number of carbonyl (C=O) groups is 1. The lowest BCUT2D eigenvalue weighted by molar-refractivity contribution is -0.122. The summed E-state index contributed by atoms with van der Waals surface area (Å²) in [5.41, 5.74) is 0. The lowest BCUT2D eigenvalue weighted by atomic mass is 9.83. The molecule has 0 aromatic heterocycles. The number of hydrogen-bond acceptors (Lipinski definition) is 2. The molecule has 0 aliphatic heterocycles. The van der Waals surface area contributed by atoms with E-state index in [4.69, 9.17) is 0 Å². The Hall–Kier alpha value is -0.370. The van der Waals surface area contributed by atoms with E-state index in [1.165, 1.54) is 6.42 Å². The first-order chi connectivity index (χ1) is 6.69. The van der Waals surface area contributed by atoms with Gasteiger partial charge in [-0.3, -0.25) is 4.79 Å². The fourth-order valence-electron chi connectivity index (χ4n) is 2.57. The van der Waals surface area contributed by atoms with Crippen molar-refractivity contribution in [1.82, 2.24) is 4.90 Å². The minimum Gasteiger partial charge on any atom is -0.301 e. The summed E-state index contributed by atoms with van der Waals surface area (Å²) in [7, 11) is 0. The molecule has 2 nitrogen and oxygen atoms in total. The van der Waals surface area contributed by atoms with Crippen molar-refractivity contribution in [3.63, 3.8) is 0 Å². The zero-order valence-electron chi connectivity index (χ0n) is 9.75. The van der Waals surface area contributed by atoms with Crippen LogP contribution in [0.1, 0.15) is 46.5 Å². The zero-order chi connectivity index (χ0) is 10.6. The normalized spacial score (nSPS) is 25.4. The summed E-state index contributed by atoms with van der Waals surface area (Å²) in [5, 5.41) is 0. The van der Waals surface area contributed by atoms with Crippen LogP contribution >= 0.6 is 0 Å². The Labute approximate surface area is 87.7 Å². The summed E-state index contributed by atoms with van der Waals surface area (Å²) < 4.78 is 0. The largest absolute Gasteiger partial charge is 0.301 e. The van der Waals surface area contributed by atoms with Crippen molar-refractivity contribution in [2.24, 2.45) is 5.92 Å². The van der Waals surface area contributed by atoms with E-state index in [2.05, 4.69) is 25.7 Å². The molecule has 82 valence electrons. The molecule has 0 radical (unpaired) electrons. The standard InChI is InChI=1S/C12H23NO/c1-4-13(5-2)10(3)11-7-6-8-12(14)9-11/h10-11H,4-9H2,1-3H3. The Kier molecular flexibility index (Phi) is 4.59. The summed E-state index contributed by atoms with van der Waals surface area (Å²) in [5.74, 6) is 1.08. The number of nitrogens with zero attached hydrogens (tertiary/aromatic N) is 1. The molecule has 0 heterocycles. The van der Waals surface area contributed by atoms with Gasteiger partial charge in [-0.05, 0) is 38.8 Å². The predicted octanol–water partition coefficient (Wildman–Crippen LogP) is 2.48. The number of ketones is 1. The fourth-order valence-corrected chi connectivity index (χ4v) is 2.57. The molecule has 0 N–H and O–H groups in total. The van der Waals surface area contributed by atoms with Crippen molar-refractivity contribution in [1.29, 1.82) is 0 Å². The molecule has 2 atom stereocenters. The summed E-state index contributed by atoms with van der Waals surface area (Å²) in [6.07, 6.45) is 3.98. The van der Waals surface area contributed by atoms with E-state index in [9.17, 15) is 4.79 Å². The highest BCUT2D eigenvalue weighted by atomic mass is 16.1. The molecule has 1 rings (SSSR count). The van der Waals surface area contributed by atoms with Crippen molar-refractivity contribution in [2.45, 2.75) is 52.5 Å². The van der Waals surface area contributed by atoms with Gasteiger partial charge in [0, 0.05) is 18.9 Å². The average molecular weight is 197 g/mol. The highest BCUT2D eigenvalue weighted by molar-refractivity contribution is 5.79. The van der Waals surface area contributed by atoms with Crippen LogP contribution < -0.4 is 0 Å². The molecule has 0 amide bonds. The van der Waals surface area contributed by atoms with Crippen molar-refractivity contribution in [3.8, 4) is 0 Å². The van der Waals surface area contributed by atoms with Gasteiger partial charge in [0.15, 0.2) is 0 Å². The molecule has 0 aromatic rings. The highest BCUT2D eigenvalue weighted by Gasteiger charge is 2.26. The average Bonchev–Trinajstić information content (AvgIpc) is 2.19. The fraction of sp³-hybridized carbons (Fsp3) is 0.917. The van der Waals surface area contributed by atoms with Crippen LogP contribution in [0.2, 0.25) is 0 Å². The van der Waals surface area contributed by atoms with E-state index in [0.29, 0.717) is 17.7 Å². The summed E-state index contributed by atoms with van der Waals surface area (Å²) in [4.78, 5) is 13.8. The molecule has 14 heavy (non-hydrogen) atoms. The minimum atomic E-state index is 0.472. The second-order valence-electron chi connectivity index (χ2n) is 4.36. The van der Waals surface area contributed by atoms with Crippen LogP contribution in [0.25, 0.3) is 0 Å². The summed E-state index contributed by atoms with van der Waals surface area (Å²) in [6.45, 7) is 8.87. The van der Waals surface area contributed by atoms with Crippen LogP contribution in [0.5, 0.6) is 0 Å². The quantitative estimate of drug-likeness (QED) is 0.690. The minimum absolute atomic E-state index is 0.472. The van der Waals surface area contributed by atoms with Gasteiger partial charge in [0.05, 0.1) is 0 Å². The van der Waals surface area contributed by atoms with Crippen LogP contribution in [-0.4, -0.2) is 29.8 Å². The van der Waals surface area contributed by atoms with Crippen LogP contribution in [0.15, 0.2) is 0 Å². The Morgan fingerprint density at radius 1 is 1.43 bits per heavy atom. The smallest absolute Gasteiger partial charge is 0.133 e. The first-order valence-electron chi connectivity index (χ1n) is 5.94. The number of carbonyl (C=O) groups excluding carboxylic acids is 1. The molecule has 2 unspecified atom stereocenters. The number of hydrogen-bond donors (Lipinski definition) is 0. The maximum absolute atomic E-state index is 11.4. The van der Waals surface area contributed by atoms with Crippen molar-refractivity contribution in [2.75, 3.05) is 13.1 Å². The molecule has 1 saturated carbocycles. The first-order valence-corrected chi connectivity index (χ1v) is 5.94. The SMILES string of the molecule is CCN(CC)C(C)C1CCCC(=O)C1. The number of rotatable bonds is 4. The lowest BCUT2D eigenvalue weighted by Gasteiger charge is -2.34. The third-order valence-corrected chi connectivity index (χ3v) is 3.59. The molecule has 1 aliphatic rings. The monoisotopic (exact) mass is 197 g/mol. The maximum atomic E-state index is 11.4. The predicted molar refractivity (Wildman–Crippen MR) is 59.3 cm³/mol. The van der Waals surface area contributed by atoms with E-state index in [1.54, 1.807) is 0 Å². The van der Waals surface area contributed by atoms with E-state index in [-0.39, 0.29) is 0 Å². The summed E-state index contributed by atoms with van der Waals surface area (Å²) in [6, 6.07) is 0.578. The van der Waals surface area contributed by atoms with Crippen LogP contribution in [0, 0.1) is 5.92 Å². The van der Waals surface area contributed by atoms with E-state index >= 15 is 0 Å². The van der Waals surface area contributed by atoms with Gasteiger partial charge in [-0.1, -0.05) is 13.8 Å². The third-order valence-electron chi connectivity index (χ3n) is 3.59. The third kappa shape index (κ3) is 2.81. The first kappa shape index (κ1) is 11.7. The van der Waals surface area contributed by atoms with Gasteiger partial charge in [-0.2, -0.15) is 0 Å². The Bertz CT molecular complexity index is 187. The maximum Gasteiger partial charge on any atom is 0.133 e. The van der Waals surface area contributed by atoms with Gasteiger partial charge in [0.1, 0.15) is 5.78 Å². The van der Waals surface area contributed by atoms with Gasteiger partial charge < -0.3 is 4.90 Å².